The van der Waals surface area contributed by atoms with Crippen molar-refractivity contribution in [3.8, 4) is 0 Å². The lowest BCUT2D eigenvalue weighted by Crippen LogP contribution is -2.36. The van der Waals surface area contributed by atoms with Gasteiger partial charge in [-0.1, -0.05) is 12.8 Å². The zero-order chi connectivity index (χ0) is 13.7. The molecule has 106 valence electrons. The van der Waals surface area contributed by atoms with E-state index in [0.717, 1.165) is 6.54 Å². The molecule has 1 fully saturated rings. The molecule has 19 heavy (non-hydrogen) atoms. The van der Waals surface area contributed by atoms with Gasteiger partial charge in [-0.2, -0.15) is 0 Å². The maximum Gasteiger partial charge on any atom is 0.0598 e. The Hall–Kier alpha value is -1.09. The Morgan fingerprint density at radius 3 is 2.47 bits per heavy atom. The van der Waals surface area contributed by atoms with Crippen molar-refractivity contribution in [2.45, 2.75) is 58.5 Å². The molecule has 1 aromatic rings. The largest absolute Gasteiger partial charge is 0.370 e. The van der Waals surface area contributed by atoms with Gasteiger partial charge in [-0.15, -0.1) is 0 Å². The Morgan fingerprint density at radius 2 is 1.84 bits per heavy atom. The van der Waals surface area contributed by atoms with Gasteiger partial charge in [-0.25, -0.2) is 0 Å². The molecule has 3 heteroatoms. The molecule has 1 aliphatic rings. The van der Waals surface area contributed by atoms with E-state index in [-0.39, 0.29) is 5.54 Å². The first kappa shape index (κ1) is 14.3. The lowest BCUT2D eigenvalue weighted by molar-refractivity contribution is 0.424. The zero-order valence-electron chi connectivity index (χ0n) is 12.6. The first-order valence-corrected chi connectivity index (χ1v) is 7.49. The molecule has 2 rings (SSSR count). The van der Waals surface area contributed by atoms with Crippen LogP contribution in [-0.2, 0) is 6.54 Å². The molecule has 0 aliphatic carbocycles. The van der Waals surface area contributed by atoms with Crippen LogP contribution in [0.2, 0.25) is 0 Å². The summed E-state index contributed by atoms with van der Waals surface area (Å²) in [6, 6.07) is 2.15. The third-order valence-electron chi connectivity index (χ3n) is 3.64. The van der Waals surface area contributed by atoms with Crippen LogP contribution in [0.1, 0.15) is 52.0 Å². The molecule has 0 aromatic carbocycles. The fourth-order valence-corrected chi connectivity index (χ4v) is 2.52. The highest BCUT2D eigenvalue weighted by atomic mass is 15.1. The van der Waals surface area contributed by atoms with Crippen molar-refractivity contribution >= 4 is 5.69 Å². The summed E-state index contributed by atoms with van der Waals surface area (Å²) in [5, 5.41) is 3.58. The minimum absolute atomic E-state index is 0.152. The molecule has 1 N–H and O–H groups in total. The summed E-state index contributed by atoms with van der Waals surface area (Å²) >= 11 is 0. The predicted molar refractivity (Wildman–Crippen MR) is 81.5 cm³/mol. The fraction of sp³-hybridized carbons (Fsp3) is 0.688. The van der Waals surface area contributed by atoms with Crippen LogP contribution in [0.15, 0.2) is 18.5 Å². The third kappa shape index (κ3) is 4.50. The van der Waals surface area contributed by atoms with Crippen molar-refractivity contribution in [1.82, 2.24) is 10.3 Å². The maximum absolute atomic E-state index is 4.33. The summed E-state index contributed by atoms with van der Waals surface area (Å²) in [7, 11) is 0. The summed E-state index contributed by atoms with van der Waals surface area (Å²) in [5.41, 5.74) is 2.84. The van der Waals surface area contributed by atoms with E-state index in [1.54, 1.807) is 0 Å². The van der Waals surface area contributed by atoms with Gasteiger partial charge in [0.1, 0.15) is 0 Å². The molecule has 1 aromatic heterocycles. The molecule has 0 amide bonds. The van der Waals surface area contributed by atoms with E-state index in [2.05, 4.69) is 42.0 Å². The number of hydrogen-bond acceptors (Lipinski definition) is 3. The van der Waals surface area contributed by atoms with Crippen molar-refractivity contribution in [3.63, 3.8) is 0 Å². The molecular weight excluding hydrogens is 234 g/mol. The smallest absolute Gasteiger partial charge is 0.0598 e. The van der Waals surface area contributed by atoms with Gasteiger partial charge in [-0.3, -0.25) is 4.98 Å². The second kappa shape index (κ2) is 6.38. The highest BCUT2D eigenvalue weighted by molar-refractivity contribution is 5.51. The predicted octanol–water partition coefficient (Wildman–Crippen LogP) is 3.35. The standard InChI is InChI=1S/C16H27N3/c1-16(2,3)18-12-14-8-9-17-13-15(14)19-10-6-4-5-7-11-19/h8-9,13,18H,4-7,10-12H2,1-3H3. The molecule has 1 aliphatic heterocycles. The van der Waals surface area contributed by atoms with Crippen LogP contribution in [0, 0.1) is 0 Å². The third-order valence-corrected chi connectivity index (χ3v) is 3.64. The van der Waals surface area contributed by atoms with E-state index >= 15 is 0 Å². The van der Waals surface area contributed by atoms with Gasteiger partial charge in [-0.05, 0) is 45.2 Å². The number of anilines is 1. The number of nitrogens with zero attached hydrogens (tertiary/aromatic N) is 2. The highest BCUT2D eigenvalue weighted by Gasteiger charge is 2.15. The average Bonchev–Trinajstić information content (AvgIpc) is 2.64. The molecule has 0 spiro atoms. The topological polar surface area (TPSA) is 28.2 Å². The SMILES string of the molecule is CC(C)(C)NCc1ccncc1N1CCCCCC1. The Bertz CT molecular complexity index is 387. The quantitative estimate of drug-likeness (QED) is 0.904. The van der Waals surface area contributed by atoms with Crippen LogP contribution in [0.25, 0.3) is 0 Å². The van der Waals surface area contributed by atoms with Gasteiger partial charge >= 0.3 is 0 Å². The molecule has 1 saturated heterocycles. The van der Waals surface area contributed by atoms with Gasteiger partial charge in [0.25, 0.3) is 0 Å². The summed E-state index contributed by atoms with van der Waals surface area (Å²) in [5.74, 6) is 0. The first-order valence-electron chi connectivity index (χ1n) is 7.49. The van der Waals surface area contributed by atoms with Gasteiger partial charge in [0, 0.05) is 31.4 Å². The Labute approximate surface area is 117 Å². The first-order chi connectivity index (χ1) is 9.06. The lowest BCUT2D eigenvalue weighted by atomic mass is 10.1. The van der Waals surface area contributed by atoms with Crippen LogP contribution in [0.5, 0.6) is 0 Å². The maximum atomic E-state index is 4.33. The van der Waals surface area contributed by atoms with Gasteiger partial charge in [0.2, 0.25) is 0 Å². The second-order valence-corrected chi connectivity index (χ2v) is 6.51. The average molecular weight is 261 g/mol. The van der Waals surface area contributed by atoms with Crippen LogP contribution < -0.4 is 10.2 Å². The zero-order valence-corrected chi connectivity index (χ0v) is 12.6. The summed E-state index contributed by atoms with van der Waals surface area (Å²) in [6.07, 6.45) is 9.28. The number of rotatable bonds is 3. The van der Waals surface area contributed by atoms with Crippen molar-refractivity contribution in [3.05, 3.63) is 24.0 Å². The van der Waals surface area contributed by atoms with E-state index in [4.69, 9.17) is 0 Å². The summed E-state index contributed by atoms with van der Waals surface area (Å²) in [4.78, 5) is 6.84. The highest BCUT2D eigenvalue weighted by Crippen LogP contribution is 2.23. The Morgan fingerprint density at radius 1 is 1.16 bits per heavy atom. The summed E-state index contributed by atoms with van der Waals surface area (Å²) in [6.45, 7) is 9.89. The molecule has 0 bridgehead atoms. The Kier molecular flexibility index (Phi) is 4.81. The van der Waals surface area contributed by atoms with E-state index in [1.807, 2.05) is 12.4 Å². The normalized spacial score (nSPS) is 17.3. The van der Waals surface area contributed by atoms with E-state index in [1.165, 1.54) is 50.0 Å². The molecule has 0 saturated carbocycles. The van der Waals surface area contributed by atoms with E-state index < -0.39 is 0 Å². The summed E-state index contributed by atoms with van der Waals surface area (Å²) < 4.78 is 0. The number of pyridine rings is 1. The minimum Gasteiger partial charge on any atom is -0.370 e. The van der Waals surface area contributed by atoms with Crippen LogP contribution in [0.4, 0.5) is 5.69 Å². The van der Waals surface area contributed by atoms with Crippen molar-refractivity contribution in [1.29, 1.82) is 0 Å². The monoisotopic (exact) mass is 261 g/mol. The van der Waals surface area contributed by atoms with Gasteiger partial charge in [0.15, 0.2) is 0 Å². The number of hydrogen-bond donors (Lipinski definition) is 1. The Balaban J connectivity index is 2.10. The van der Waals surface area contributed by atoms with Gasteiger partial charge < -0.3 is 10.2 Å². The molecule has 0 atom stereocenters. The molecule has 3 nitrogen and oxygen atoms in total. The van der Waals surface area contributed by atoms with Crippen LogP contribution >= 0.6 is 0 Å². The van der Waals surface area contributed by atoms with Crippen LogP contribution in [0.3, 0.4) is 0 Å². The molecule has 0 unspecified atom stereocenters. The van der Waals surface area contributed by atoms with E-state index in [9.17, 15) is 0 Å². The number of nitrogens with one attached hydrogen (secondary N) is 1. The van der Waals surface area contributed by atoms with Gasteiger partial charge in [0.05, 0.1) is 11.9 Å². The van der Waals surface area contributed by atoms with E-state index in [0.29, 0.717) is 0 Å². The minimum atomic E-state index is 0.152. The fourth-order valence-electron chi connectivity index (χ4n) is 2.52. The number of aromatic nitrogens is 1. The van der Waals surface area contributed by atoms with Crippen molar-refractivity contribution in [2.75, 3.05) is 18.0 Å². The molecular formula is C16H27N3. The van der Waals surface area contributed by atoms with Crippen molar-refractivity contribution in [2.24, 2.45) is 0 Å². The van der Waals surface area contributed by atoms with Crippen molar-refractivity contribution < 1.29 is 0 Å². The second-order valence-electron chi connectivity index (χ2n) is 6.51. The lowest BCUT2D eigenvalue weighted by Gasteiger charge is -2.27. The molecule has 2 heterocycles. The van der Waals surface area contributed by atoms with Crippen LogP contribution in [-0.4, -0.2) is 23.6 Å². The molecule has 0 radical (unpaired) electrons.